The lowest BCUT2D eigenvalue weighted by atomic mass is 10.2. The monoisotopic (exact) mass is 643 g/mol. The predicted octanol–water partition coefficient (Wildman–Crippen LogP) is 5.49. The Bertz CT molecular complexity index is 1550. The van der Waals surface area contributed by atoms with Gasteiger partial charge in [0.1, 0.15) is 19.0 Å². The highest BCUT2D eigenvalue weighted by molar-refractivity contribution is 9.10. The molecule has 1 aliphatic carbocycles. The molecule has 2 aromatic heterocycles. The summed E-state index contributed by atoms with van der Waals surface area (Å²) in [7, 11) is -5.64. The fourth-order valence-electron chi connectivity index (χ4n) is 3.74. The molecule has 1 aromatic carbocycles. The zero-order valence-electron chi connectivity index (χ0n) is 20.8. The molecule has 38 heavy (non-hydrogen) atoms. The number of sulfonamides is 1. The second kappa shape index (κ2) is 10.7. The van der Waals surface area contributed by atoms with E-state index in [2.05, 4.69) is 55.7 Å². The number of nitrogens with zero attached hydrogens (tertiary/aromatic N) is 7. The molecule has 4 rings (SSSR count). The van der Waals surface area contributed by atoms with Crippen molar-refractivity contribution in [3.63, 3.8) is 0 Å². The molecule has 202 valence electrons. The van der Waals surface area contributed by atoms with Gasteiger partial charge in [0.05, 0.1) is 29.3 Å². The lowest BCUT2D eigenvalue weighted by Crippen LogP contribution is -2.42. The smallest absolute Gasteiger partial charge is 0.303 e. The van der Waals surface area contributed by atoms with E-state index in [1.807, 2.05) is 6.07 Å². The number of fused-ring (bicyclic) bond motifs is 1. The standard InChI is InChI=1S/C22H24BrF2N7O3S2Si/c1-27-22(5-6-22)32(13-35-9-10-38(2,3)4)37(33,34)14-11-15-17(20-28-29-21(36-20)19(24)25)30-31(8-7-26)18(15)16(23)12-14/h11-12,19H,5-6,8-10,13H2,2-4H3. The molecule has 1 fully saturated rings. The van der Waals surface area contributed by atoms with Gasteiger partial charge in [-0.3, -0.25) is 4.85 Å². The molecule has 1 saturated carbocycles. The minimum absolute atomic E-state index is 0.0646. The van der Waals surface area contributed by atoms with E-state index in [1.54, 1.807) is 0 Å². The molecule has 0 amide bonds. The first kappa shape index (κ1) is 28.7. The Morgan fingerprint density at radius 2 is 2.08 bits per heavy atom. The fourth-order valence-corrected chi connectivity index (χ4v) is 7.69. The molecule has 10 nitrogen and oxygen atoms in total. The molecule has 0 atom stereocenters. The predicted molar refractivity (Wildman–Crippen MR) is 143 cm³/mol. The molecule has 0 spiro atoms. The van der Waals surface area contributed by atoms with Crippen molar-refractivity contribution >= 4 is 56.3 Å². The van der Waals surface area contributed by atoms with Crippen LogP contribution in [0.3, 0.4) is 0 Å². The summed E-state index contributed by atoms with van der Waals surface area (Å²) in [6.45, 7) is 14.2. The first-order chi connectivity index (χ1) is 17.8. The van der Waals surface area contributed by atoms with Crippen LogP contribution >= 0.6 is 27.3 Å². The van der Waals surface area contributed by atoms with Crippen molar-refractivity contribution in [2.24, 2.45) is 0 Å². The Morgan fingerprint density at radius 1 is 1.37 bits per heavy atom. The maximum Gasteiger partial charge on any atom is 0.303 e. The van der Waals surface area contributed by atoms with Crippen LogP contribution in [0.4, 0.5) is 8.78 Å². The summed E-state index contributed by atoms with van der Waals surface area (Å²) in [4.78, 5) is 3.49. The maximum absolute atomic E-state index is 13.9. The van der Waals surface area contributed by atoms with Gasteiger partial charge in [-0.25, -0.2) is 28.5 Å². The maximum atomic E-state index is 13.9. The second-order valence-electron chi connectivity index (χ2n) is 10.0. The van der Waals surface area contributed by atoms with Gasteiger partial charge in [0.25, 0.3) is 16.4 Å². The lowest BCUT2D eigenvalue weighted by molar-refractivity contribution is 0.0642. The third-order valence-corrected chi connectivity index (χ3v) is 11.1. The molecule has 1 aliphatic rings. The average Bonchev–Trinajstić information content (AvgIpc) is 3.29. The minimum atomic E-state index is -4.23. The molecule has 0 bridgehead atoms. The highest BCUT2D eigenvalue weighted by atomic mass is 79.9. The van der Waals surface area contributed by atoms with Crippen molar-refractivity contribution in [2.75, 3.05) is 13.3 Å². The number of alkyl halides is 2. The van der Waals surface area contributed by atoms with Crippen LogP contribution in [0.15, 0.2) is 21.5 Å². The summed E-state index contributed by atoms with van der Waals surface area (Å²) in [5, 5.41) is 20.8. The molecule has 0 aliphatic heterocycles. The van der Waals surface area contributed by atoms with Gasteiger partial charge in [0, 0.05) is 24.5 Å². The zero-order chi connectivity index (χ0) is 27.9. The van der Waals surface area contributed by atoms with Gasteiger partial charge in [-0.05, 0) is 34.1 Å². The largest absolute Gasteiger partial charge is 0.365 e. The summed E-state index contributed by atoms with van der Waals surface area (Å²) >= 11 is 4.04. The number of halogens is 3. The van der Waals surface area contributed by atoms with E-state index in [0.717, 1.165) is 10.3 Å². The van der Waals surface area contributed by atoms with Crippen molar-refractivity contribution in [3.05, 3.63) is 33.0 Å². The molecule has 0 N–H and O–H groups in total. The van der Waals surface area contributed by atoms with Gasteiger partial charge in [-0.2, -0.15) is 10.4 Å². The lowest BCUT2D eigenvalue weighted by Gasteiger charge is -2.24. The molecule has 0 saturated heterocycles. The van der Waals surface area contributed by atoms with Crippen molar-refractivity contribution in [3.8, 4) is 16.8 Å². The van der Waals surface area contributed by atoms with Gasteiger partial charge in [0.15, 0.2) is 10.0 Å². The van der Waals surface area contributed by atoms with Crippen LogP contribution in [-0.2, 0) is 21.3 Å². The van der Waals surface area contributed by atoms with E-state index in [9.17, 15) is 22.5 Å². The fraction of sp³-hybridized carbons (Fsp3) is 0.500. The number of hydrogen-bond acceptors (Lipinski definition) is 8. The van der Waals surface area contributed by atoms with Crippen molar-refractivity contribution in [2.45, 2.75) is 62.1 Å². The number of rotatable bonds is 11. The molecule has 3 aromatic rings. The quantitative estimate of drug-likeness (QED) is 0.117. The molecular formula is C22H24BrF2N7O3S2Si. The second-order valence-corrected chi connectivity index (χ2v) is 19.4. The Morgan fingerprint density at radius 3 is 2.63 bits per heavy atom. The highest BCUT2D eigenvalue weighted by Gasteiger charge is 2.61. The van der Waals surface area contributed by atoms with Crippen LogP contribution in [0.25, 0.3) is 26.4 Å². The summed E-state index contributed by atoms with van der Waals surface area (Å²) < 4.78 is 62.7. The summed E-state index contributed by atoms with van der Waals surface area (Å²) in [6.07, 6.45) is -2.04. The minimum Gasteiger partial charge on any atom is -0.365 e. The van der Waals surface area contributed by atoms with E-state index in [0.29, 0.717) is 40.8 Å². The number of hydrogen-bond donors (Lipinski definition) is 0. The Balaban J connectivity index is 1.80. The molecule has 0 unspecified atom stereocenters. The van der Waals surface area contributed by atoms with Crippen LogP contribution < -0.4 is 0 Å². The number of benzene rings is 1. The van der Waals surface area contributed by atoms with Crippen molar-refractivity contribution < 1.29 is 21.9 Å². The van der Waals surface area contributed by atoms with Crippen LogP contribution in [0, 0.1) is 17.9 Å². The van der Waals surface area contributed by atoms with E-state index in [1.165, 1.54) is 16.8 Å². The van der Waals surface area contributed by atoms with Gasteiger partial charge >= 0.3 is 5.66 Å². The summed E-state index contributed by atoms with van der Waals surface area (Å²) in [5.41, 5.74) is -0.682. The van der Waals surface area contributed by atoms with Gasteiger partial charge < -0.3 is 4.74 Å². The highest BCUT2D eigenvalue weighted by Crippen LogP contribution is 2.47. The molecular weight excluding hydrogens is 620 g/mol. The van der Waals surface area contributed by atoms with E-state index in [-0.39, 0.29) is 34.3 Å². The summed E-state index contributed by atoms with van der Waals surface area (Å²) in [6, 6.07) is 5.57. The van der Waals surface area contributed by atoms with Crippen molar-refractivity contribution in [1.29, 1.82) is 5.26 Å². The van der Waals surface area contributed by atoms with Crippen LogP contribution in [-0.4, -0.2) is 59.8 Å². The first-order valence-corrected chi connectivity index (χ1v) is 18.3. The van der Waals surface area contributed by atoms with Crippen LogP contribution in [0.5, 0.6) is 0 Å². The molecule has 2 heterocycles. The number of ether oxygens (including phenoxy) is 1. The zero-order valence-corrected chi connectivity index (χ0v) is 25.0. The van der Waals surface area contributed by atoms with Crippen molar-refractivity contribution in [1.82, 2.24) is 24.3 Å². The third kappa shape index (κ3) is 5.66. The van der Waals surface area contributed by atoms with Gasteiger partial charge in [-0.15, -0.1) is 10.2 Å². The van der Waals surface area contributed by atoms with E-state index < -0.39 is 35.2 Å². The topological polar surface area (TPSA) is 118 Å². The normalized spacial score (nSPS) is 15.2. The summed E-state index contributed by atoms with van der Waals surface area (Å²) in [5.74, 6) is 0. The molecule has 16 heteroatoms. The Labute approximate surface area is 232 Å². The van der Waals surface area contributed by atoms with Gasteiger partial charge in [0.2, 0.25) is 0 Å². The Hall–Kier alpha value is -2.34. The third-order valence-electron chi connectivity index (χ3n) is 5.98. The van der Waals surface area contributed by atoms with E-state index >= 15 is 0 Å². The number of aromatic nitrogens is 4. The van der Waals surface area contributed by atoms with E-state index in [4.69, 9.17) is 11.3 Å². The number of nitriles is 1. The Kier molecular flexibility index (Phi) is 8.05. The average molecular weight is 645 g/mol. The van der Waals surface area contributed by atoms with Gasteiger partial charge in [-0.1, -0.05) is 35.3 Å². The SMILES string of the molecule is [C-]#[N+]C1(N(COCC[Si](C)(C)C)S(=O)(=O)c2cc(Br)c3c(c2)c(-c2nnc(C(F)F)s2)nn3CC#N)CC1. The molecule has 0 radical (unpaired) electrons. The first-order valence-electron chi connectivity index (χ1n) is 11.5. The van der Waals surface area contributed by atoms with Crippen LogP contribution in [0.2, 0.25) is 25.7 Å². The van der Waals surface area contributed by atoms with Crippen LogP contribution in [0.1, 0.15) is 24.3 Å².